The van der Waals surface area contributed by atoms with Crippen molar-refractivity contribution in [3.05, 3.63) is 53.9 Å². The van der Waals surface area contributed by atoms with Gasteiger partial charge in [-0.05, 0) is 51.0 Å². The van der Waals surface area contributed by atoms with E-state index in [1.54, 1.807) is 35.4 Å². The van der Waals surface area contributed by atoms with Gasteiger partial charge in [-0.2, -0.15) is 0 Å². The Morgan fingerprint density at radius 3 is 2.60 bits per heavy atom. The van der Waals surface area contributed by atoms with Gasteiger partial charge in [0.05, 0.1) is 24.7 Å². The van der Waals surface area contributed by atoms with Gasteiger partial charge in [0.15, 0.2) is 5.82 Å². The second kappa shape index (κ2) is 12.1. The number of hydrogen-bond acceptors (Lipinski definition) is 7. The summed E-state index contributed by atoms with van der Waals surface area (Å²) in [5, 5.41) is 12.2. The molecular weight excluding hydrogens is 475 g/mol. The van der Waals surface area contributed by atoms with Crippen molar-refractivity contribution in [3.63, 3.8) is 0 Å². The highest BCUT2D eigenvalue weighted by molar-refractivity contribution is 5.94. The molecule has 35 heavy (non-hydrogen) atoms. The number of aliphatic hydroxyl groups excluding tert-OH is 1. The van der Waals surface area contributed by atoms with Crippen molar-refractivity contribution >= 4 is 29.9 Å². The summed E-state index contributed by atoms with van der Waals surface area (Å²) in [7, 11) is 0. The molecule has 0 saturated carbocycles. The molecular formula is C24H30ClFN6O3. The number of aryl methyl sites for hydroxylation is 1. The predicted molar refractivity (Wildman–Crippen MR) is 133 cm³/mol. The molecule has 1 aliphatic rings. The van der Waals surface area contributed by atoms with Crippen LogP contribution in [0.25, 0.3) is 11.4 Å². The molecule has 188 valence electrons. The number of carbonyl (C=O) groups excluding carboxylic acids is 1. The number of aromatic nitrogens is 4. The van der Waals surface area contributed by atoms with E-state index in [1.165, 1.54) is 0 Å². The van der Waals surface area contributed by atoms with Gasteiger partial charge in [-0.1, -0.05) is 0 Å². The van der Waals surface area contributed by atoms with Crippen LogP contribution in [0.3, 0.4) is 0 Å². The molecule has 4 rings (SSSR count). The third kappa shape index (κ3) is 5.95. The molecule has 11 heteroatoms. The van der Waals surface area contributed by atoms with Gasteiger partial charge in [-0.15, -0.1) is 12.4 Å². The van der Waals surface area contributed by atoms with Crippen LogP contribution in [0.15, 0.2) is 36.7 Å². The van der Waals surface area contributed by atoms with E-state index in [0.29, 0.717) is 36.7 Å². The Labute approximate surface area is 209 Å². The number of hydrogen-bond donors (Lipinski definition) is 2. The van der Waals surface area contributed by atoms with Crippen LogP contribution in [0.2, 0.25) is 0 Å². The van der Waals surface area contributed by atoms with Crippen LogP contribution in [0.4, 0.5) is 16.0 Å². The van der Waals surface area contributed by atoms with Crippen LogP contribution >= 0.6 is 12.4 Å². The minimum absolute atomic E-state index is 0. The number of anilines is 2. The first-order chi connectivity index (χ1) is 16.5. The van der Waals surface area contributed by atoms with E-state index in [0.717, 1.165) is 24.9 Å². The van der Waals surface area contributed by atoms with Gasteiger partial charge >= 0.3 is 0 Å². The van der Waals surface area contributed by atoms with Crippen molar-refractivity contribution in [3.8, 4) is 11.4 Å². The highest BCUT2D eigenvalue weighted by atomic mass is 35.5. The molecule has 9 nitrogen and oxygen atoms in total. The Balaban J connectivity index is 0.00000342. The van der Waals surface area contributed by atoms with Gasteiger partial charge in [-0.25, -0.2) is 19.3 Å². The van der Waals surface area contributed by atoms with E-state index in [4.69, 9.17) is 9.84 Å². The molecule has 1 fully saturated rings. The number of imidazole rings is 1. The van der Waals surface area contributed by atoms with Crippen LogP contribution in [0, 0.1) is 12.7 Å². The molecule has 0 atom stereocenters. The lowest BCUT2D eigenvalue weighted by Gasteiger charge is -2.26. The topological polar surface area (TPSA) is 105 Å². The monoisotopic (exact) mass is 504 g/mol. The maximum absolute atomic E-state index is 14.8. The van der Waals surface area contributed by atoms with Gasteiger partial charge in [0.1, 0.15) is 11.5 Å². The number of benzene rings is 1. The molecule has 2 aromatic heterocycles. The quantitative estimate of drug-likeness (QED) is 0.481. The summed E-state index contributed by atoms with van der Waals surface area (Å²) in [6, 6.07) is 7.04. The number of rotatable bonds is 8. The fourth-order valence-corrected chi connectivity index (χ4v) is 4.17. The molecule has 3 aromatic rings. The van der Waals surface area contributed by atoms with Crippen molar-refractivity contribution in [1.29, 1.82) is 0 Å². The van der Waals surface area contributed by atoms with E-state index in [1.807, 2.05) is 18.4 Å². The lowest BCUT2D eigenvalue weighted by atomic mass is 10.1. The summed E-state index contributed by atoms with van der Waals surface area (Å²) in [5.41, 5.74) is 1.96. The third-order valence-corrected chi connectivity index (χ3v) is 5.95. The maximum atomic E-state index is 14.8. The lowest BCUT2D eigenvalue weighted by Crippen LogP contribution is -2.33. The first-order valence-electron chi connectivity index (χ1n) is 11.4. The van der Waals surface area contributed by atoms with Crippen LogP contribution in [0.5, 0.6) is 0 Å². The lowest BCUT2D eigenvalue weighted by molar-refractivity contribution is 0.0694. The Bertz CT molecular complexity index is 1130. The standard InChI is InChI=1S/C24H29FN6O3.ClH/c1-3-30(10-11-32)23(33)17-4-6-18(7-5-17)28-24-27-14-20(25)22(29-24)21-15-26-16(2)31(21)19-8-12-34-13-9-19;/h4-7,14-15,19,32H,3,8-13H2,1-2H3,(H,27,28,29);1H. The van der Waals surface area contributed by atoms with Gasteiger partial charge in [0, 0.05) is 43.6 Å². The molecule has 1 aliphatic heterocycles. The normalized spacial score (nSPS) is 13.8. The molecule has 0 spiro atoms. The SMILES string of the molecule is CCN(CCO)C(=O)c1ccc(Nc2ncc(F)c(-c3cnc(C)n3C3CCOCC3)n2)cc1.Cl. The first kappa shape index (κ1) is 26.5. The zero-order valence-electron chi connectivity index (χ0n) is 19.8. The minimum atomic E-state index is -0.525. The van der Waals surface area contributed by atoms with E-state index in [-0.39, 0.29) is 49.1 Å². The third-order valence-electron chi connectivity index (χ3n) is 5.95. The van der Waals surface area contributed by atoms with Crippen LogP contribution in [-0.2, 0) is 4.74 Å². The smallest absolute Gasteiger partial charge is 0.253 e. The first-order valence-corrected chi connectivity index (χ1v) is 11.4. The summed E-state index contributed by atoms with van der Waals surface area (Å²) < 4.78 is 22.3. The molecule has 3 heterocycles. The van der Waals surface area contributed by atoms with E-state index in [2.05, 4.69) is 20.3 Å². The summed E-state index contributed by atoms with van der Waals surface area (Å²) >= 11 is 0. The van der Waals surface area contributed by atoms with Crippen molar-refractivity contribution in [1.82, 2.24) is 24.4 Å². The number of aliphatic hydroxyl groups is 1. The number of nitrogens with one attached hydrogen (secondary N) is 1. The fraction of sp³-hybridized carbons (Fsp3) is 0.417. The molecule has 2 N–H and O–H groups in total. The maximum Gasteiger partial charge on any atom is 0.253 e. The number of amides is 1. The number of carbonyl (C=O) groups is 1. The highest BCUT2D eigenvalue weighted by Crippen LogP contribution is 2.31. The minimum Gasteiger partial charge on any atom is -0.395 e. The van der Waals surface area contributed by atoms with E-state index in [9.17, 15) is 9.18 Å². The summed E-state index contributed by atoms with van der Waals surface area (Å²) in [6.07, 6.45) is 4.46. The van der Waals surface area contributed by atoms with Crippen LogP contribution < -0.4 is 5.32 Å². The number of likely N-dealkylation sites (N-methyl/N-ethyl adjacent to an activating group) is 1. The van der Waals surface area contributed by atoms with Gasteiger partial charge in [0.25, 0.3) is 5.91 Å². The number of ether oxygens (including phenoxy) is 1. The summed E-state index contributed by atoms with van der Waals surface area (Å²) in [5.74, 6) is 0.365. The van der Waals surface area contributed by atoms with Gasteiger partial charge in [0.2, 0.25) is 5.95 Å². The molecule has 0 unspecified atom stereocenters. The number of nitrogens with zero attached hydrogens (tertiary/aromatic N) is 5. The van der Waals surface area contributed by atoms with Gasteiger partial charge in [-0.3, -0.25) is 4.79 Å². The molecule has 0 bridgehead atoms. The van der Waals surface area contributed by atoms with E-state index >= 15 is 0 Å². The van der Waals surface area contributed by atoms with Crippen molar-refractivity contribution in [2.45, 2.75) is 32.7 Å². The number of halogens is 2. The molecule has 0 radical (unpaired) electrons. The van der Waals surface area contributed by atoms with Crippen molar-refractivity contribution in [2.24, 2.45) is 0 Å². The fourth-order valence-electron chi connectivity index (χ4n) is 4.17. The van der Waals surface area contributed by atoms with Gasteiger partial charge < -0.3 is 24.6 Å². The Morgan fingerprint density at radius 2 is 1.94 bits per heavy atom. The molecule has 1 saturated heterocycles. The predicted octanol–water partition coefficient (Wildman–Crippen LogP) is 3.76. The summed E-state index contributed by atoms with van der Waals surface area (Å²) in [6.45, 7) is 5.80. The average molecular weight is 505 g/mol. The molecule has 0 aliphatic carbocycles. The molecule has 1 aromatic carbocycles. The van der Waals surface area contributed by atoms with Crippen molar-refractivity contribution in [2.75, 3.05) is 38.2 Å². The zero-order valence-corrected chi connectivity index (χ0v) is 20.6. The highest BCUT2D eigenvalue weighted by Gasteiger charge is 2.23. The van der Waals surface area contributed by atoms with Crippen LogP contribution in [0.1, 0.15) is 42.0 Å². The Morgan fingerprint density at radius 1 is 1.23 bits per heavy atom. The van der Waals surface area contributed by atoms with Crippen LogP contribution in [-0.4, -0.2) is 68.3 Å². The Kier molecular flexibility index (Phi) is 9.13. The summed E-state index contributed by atoms with van der Waals surface area (Å²) in [4.78, 5) is 27.0. The second-order valence-corrected chi connectivity index (χ2v) is 8.11. The largest absolute Gasteiger partial charge is 0.395 e. The van der Waals surface area contributed by atoms with Crippen molar-refractivity contribution < 1.29 is 19.0 Å². The second-order valence-electron chi connectivity index (χ2n) is 8.11. The zero-order chi connectivity index (χ0) is 24.1. The molecule has 1 amide bonds. The Hall–Kier alpha value is -3.08. The average Bonchev–Trinajstić information content (AvgIpc) is 3.25. The van der Waals surface area contributed by atoms with E-state index < -0.39 is 5.82 Å².